The van der Waals surface area contributed by atoms with Crippen LogP contribution in [0.4, 0.5) is 0 Å². The van der Waals surface area contributed by atoms with Crippen molar-refractivity contribution in [1.82, 2.24) is 9.55 Å². The van der Waals surface area contributed by atoms with Crippen molar-refractivity contribution < 1.29 is 49.0 Å². The summed E-state index contributed by atoms with van der Waals surface area (Å²) >= 11 is 0. The van der Waals surface area contributed by atoms with Crippen molar-refractivity contribution in [2.24, 2.45) is 0 Å². The van der Waals surface area contributed by atoms with Gasteiger partial charge in [0.1, 0.15) is 5.75 Å². The molecule has 0 unspecified atom stereocenters. The Hall–Kier alpha value is -2.41. The average Bonchev–Trinajstić information content (AvgIpc) is 3.20. The average molecular weight is 387 g/mol. The molecule has 0 aliphatic rings. The van der Waals surface area contributed by atoms with Crippen molar-refractivity contribution in [1.29, 1.82) is 0 Å². The number of aliphatic carboxylic acids is 1. The van der Waals surface area contributed by atoms with Crippen molar-refractivity contribution in [3.63, 3.8) is 0 Å². The van der Waals surface area contributed by atoms with E-state index in [9.17, 15) is 9.59 Å². The number of aromatic nitrogens is 2. The molecular weight excluding hydrogens is 367 g/mol. The Morgan fingerprint density at radius 1 is 1.11 bits per heavy atom. The Balaban J connectivity index is 0.00000280. The predicted octanol–water partition coefficient (Wildman–Crippen LogP) is 0.659. The first kappa shape index (κ1) is 21.9. The van der Waals surface area contributed by atoms with Gasteiger partial charge < -0.3 is 14.4 Å². The van der Waals surface area contributed by atoms with Gasteiger partial charge in [0.2, 0.25) is 0 Å². The molecule has 2 aromatic carbocycles. The zero-order chi connectivity index (χ0) is 19.2. The molecule has 7 heteroatoms. The minimum Gasteiger partial charge on any atom is -0.493 e. The molecule has 0 saturated heterocycles. The minimum atomic E-state index is -0.838. The molecule has 0 atom stereocenters. The molecule has 0 amide bonds. The maximum atomic E-state index is 12.7. The van der Waals surface area contributed by atoms with Crippen LogP contribution >= 0.6 is 0 Å². The molecule has 1 N–H and O–H groups in total. The summed E-state index contributed by atoms with van der Waals surface area (Å²) in [5.74, 6) is -0.240. The minimum absolute atomic E-state index is 0. The Morgan fingerprint density at radius 3 is 2.43 bits per heavy atom. The van der Waals surface area contributed by atoms with Crippen molar-refractivity contribution >= 4 is 11.8 Å². The van der Waals surface area contributed by atoms with Crippen LogP contribution in [0.25, 0.3) is 5.69 Å². The summed E-state index contributed by atoms with van der Waals surface area (Å²) in [7, 11) is 0. The molecular formula is C21H20N2NaO4+. The molecule has 0 fully saturated rings. The molecule has 28 heavy (non-hydrogen) atoms. The van der Waals surface area contributed by atoms with Crippen LogP contribution in [-0.4, -0.2) is 33.0 Å². The Kier molecular flexibility index (Phi) is 7.99. The summed E-state index contributed by atoms with van der Waals surface area (Å²) in [6, 6.07) is 12.6. The van der Waals surface area contributed by atoms with Crippen LogP contribution < -0.4 is 34.3 Å². The molecule has 1 aromatic heterocycles. The number of carbonyl (C=O) groups is 2. The quantitative estimate of drug-likeness (QED) is 0.349. The normalized spacial score (nSPS) is 10.2. The molecule has 0 radical (unpaired) electrons. The van der Waals surface area contributed by atoms with Gasteiger partial charge in [0.25, 0.3) is 0 Å². The van der Waals surface area contributed by atoms with Gasteiger partial charge in [0.15, 0.2) is 5.78 Å². The first-order valence-corrected chi connectivity index (χ1v) is 8.63. The number of benzene rings is 2. The standard InChI is InChI=1S/C21H20N2O4.Na/c1-15-13-17(6-9-19(15)27-12-2-3-20(24)25)21(26)16-4-7-18(8-5-16)23-11-10-22-14-23;/h4-11,13-14H,2-3,12H2,1H3,(H,24,25);/q;+1. The van der Waals surface area contributed by atoms with Crippen LogP contribution in [0.2, 0.25) is 0 Å². The second kappa shape index (κ2) is 10.2. The topological polar surface area (TPSA) is 81.4 Å². The van der Waals surface area contributed by atoms with Gasteiger partial charge in [-0.05, 0) is 61.4 Å². The molecule has 3 rings (SSSR count). The van der Waals surface area contributed by atoms with Gasteiger partial charge in [0, 0.05) is 35.6 Å². The molecule has 0 aliphatic carbocycles. The van der Waals surface area contributed by atoms with Crippen LogP contribution in [0.3, 0.4) is 0 Å². The fourth-order valence-electron chi connectivity index (χ4n) is 2.72. The largest absolute Gasteiger partial charge is 1.00 e. The number of ketones is 1. The third-order valence-electron chi connectivity index (χ3n) is 4.16. The van der Waals surface area contributed by atoms with Crippen LogP contribution in [0.5, 0.6) is 5.75 Å². The zero-order valence-electron chi connectivity index (χ0n) is 16.0. The van der Waals surface area contributed by atoms with E-state index in [1.807, 2.05) is 29.8 Å². The summed E-state index contributed by atoms with van der Waals surface area (Å²) in [6.07, 6.45) is 5.77. The number of hydrogen-bond donors (Lipinski definition) is 1. The molecule has 0 bridgehead atoms. The van der Waals surface area contributed by atoms with Crippen LogP contribution in [-0.2, 0) is 4.79 Å². The van der Waals surface area contributed by atoms with Crippen molar-refractivity contribution in [3.05, 3.63) is 77.9 Å². The molecule has 138 valence electrons. The molecule has 0 spiro atoms. The van der Waals surface area contributed by atoms with E-state index in [4.69, 9.17) is 9.84 Å². The number of hydrogen-bond acceptors (Lipinski definition) is 4. The summed E-state index contributed by atoms with van der Waals surface area (Å²) in [5, 5.41) is 8.64. The number of carboxylic acids is 1. The summed E-state index contributed by atoms with van der Waals surface area (Å²) < 4.78 is 7.47. The number of rotatable bonds is 8. The maximum absolute atomic E-state index is 12.7. The number of imidazole rings is 1. The van der Waals surface area contributed by atoms with Gasteiger partial charge in [-0.2, -0.15) is 0 Å². The maximum Gasteiger partial charge on any atom is 1.00 e. The fraction of sp³-hybridized carbons (Fsp3) is 0.190. The molecule has 0 aliphatic heterocycles. The van der Waals surface area contributed by atoms with E-state index in [1.165, 1.54) is 0 Å². The number of ether oxygens (including phenoxy) is 1. The predicted molar refractivity (Wildman–Crippen MR) is 101 cm³/mol. The van der Waals surface area contributed by atoms with Crippen molar-refractivity contribution in [2.75, 3.05) is 6.61 Å². The van der Waals surface area contributed by atoms with Crippen LogP contribution in [0.15, 0.2) is 61.2 Å². The van der Waals surface area contributed by atoms with E-state index in [0.29, 0.717) is 29.9 Å². The smallest absolute Gasteiger partial charge is 0.493 e. The van der Waals surface area contributed by atoms with E-state index in [-0.39, 0.29) is 41.8 Å². The van der Waals surface area contributed by atoms with Gasteiger partial charge in [-0.15, -0.1) is 0 Å². The number of nitrogens with zero attached hydrogens (tertiary/aromatic N) is 2. The summed E-state index contributed by atoms with van der Waals surface area (Å²) in [5.41, 5.74) is 2.96. The number of aryl methyl sites for hydroxylation is 1. The first-order chi connectivity index (χ1) is 13.0. The van der Waals surface area contributed by atoms with Crippen LogP contribution in [0.1, 0.15) is 34.3 Å². The fourth-order valence-corrected chi connectivity index (χ4v) is 2.72. The van der Waals surface area contributed by atoms with Gasteiger partial charge in [-0.3, -0.25) is 9.59 Å². The molecule has 3 aromatic rings. The third kappa shape index (κ3) is 5.55. The van der Waals surface area contributed by atoms with E-state index in [0.717, 1.165) is 11.3 Å². The number of carbonyl (C=O) groups excluding carboxylic acids is 1. The molecule has 0 saturated carbocycles. The monoisotopic (exact) mass is 387 g/mol. The van der Waals surface area contributed by atoms with E-state index in [2.05, 4.69) is 4.98 Å². The van der Waals surface area contributed by atoms with Gasteiger partial charge >= 0.3 is 35.5 Å². The van der Waals surface area contributed by atoms with Crippen LogP contribution in [0, 0.1) is 6.92 Å². The Bertz CT molecular complexity index is 938. The Morgan fingerprint density at radius 2 is 1.82 bits per heavy atom. The second-order valence-electron chi connectivity index (χ2n) is 6.17. The van der Waals surface area contributed by atoms with E-state index < -0.39 is 5.97 Å². The van der Waals surface area contributed by atoms with E-state index >= 15 is 0 Å². The first-order valence-electron chi connectivity index (χ1n) is 8.63. The van der Waals surface area contributed by atoms with Crippen molar-refractivity contribution in [2.45, 2.75) is 19.8 Å². The van der Waals surface area contributed by atoms with Gasteiger partial charge in [-0.25, -0.2) is 4.98 Å². The summed E-state index contributed by atoms with van der Waals surface area (Å²) in [4.78, 5) is 27.3. The number of carboxylic acid groups (broad SMARTS) is 1. The SMILES string of the molecule is Cc1cc(C(=O)c2ccc(-n3ccnc3)cc2)ccc1OCCCC(=O)O.[Na+]. The third-order valence-corrected chi connectivity index (χ3v) is 4.16. The van der Waals surface area contributed by atoms with Crippen molar-refractivity contribution in [3.8, 4) is 11.4 Å². The van der Waals surface area contributed by atoms with Gasteiger partial charge in [0.05, 0.1) is 12.9 Å². The summed E-state index contributed by atoms with van der Waals surface area (Å²) in [6.45, 7) is 2.20. The Labute approximate surface area is 185 Å². The zero-order valence-corrected chi connectivity index (χ0v) is 18.0. The molecule has 6 nitrogen and oxygen atoms in total. The second-order valence-corrected chi connectivity index (χ2v) is 6.17. The molecule has 1 heterocycles. The van der Waals surface area contributed by atoms with Gasteiger partial charge in [-0.1, -0.05) is 0 Å². The van der Waals surface area contributed by atoms with E-state index in [1.54, 1.807) is 42.9 Å².